The molecule has 3 atom stereocenters. The van der Waals surface area contributed by atoms with Crippen LogP contribution in [-0.2, 0) is 26.2 Å². The van der Waals surface area contributed by atoms with Gasteiger partial charge in [-0.1, -0.05) is 48.5 Å². The predicted octanol–water partition coefficient (Wildman–Crippen LogP) is 1.82. The van der Waals surface area contributed by atoms with Crippen molar-refractivity contribution in [1.82, 2.24) is 0 Å². The quantitative estimate of drug-likeness (QED) is 0.763. The maximum Gasteiger partial charge on any atom is 0.293 e. The monoisotopic (exact) mass is 413 g/mol. The number of amides is 1. The first-order valence-electron chi connectivity index (χ1n) is 9.72. The first-order chi connectivity index (χ1) is 15.0. The topological polar surface area (TPSA) is 125 Å². The van der Waals surface area contributed by atoms with Gasteiger partial charge >= 0.3 is 0 Å². The number of nitriles is 2. The highest BCUT2D eigenvalue weighted by molar-refractivity contribution is 6.21. The molecule has 0 unspecified atom stereocenters. The van der Waals surface area contributed by atoms with Crippen LogP contribution >= 0.6 is 0 Å². The maximum absolute atomic E-state index is 14.2. The van der Waals surface area contributed by atoms with E-state index in [2.05, 4.69) is 17.1 Å². The second-order valence-electron chi connectivity index (χ2n) is 7.85. The number of carbonyl (C=O) groups excluding carboxylic acids is 1. The number of amidine groups is 1. The van der Waals surface area contributed by atoms with Crippen LogP contribution in [0.3, 0.4) is 0 Å². The smallest absolute Gasteiger partial charge is 0.293 e. The summed E-state index contributed by atoms with van der Waals surface area (Å²) >= 11 is 0. The summed E-state index contributed by atoms with van der Waals surface area (Å²) in [6.07, 6.45) is 0. The zero-order valence-electron chi connectivity index (χ0n) is 17.0. The highest BCUT2D eigenvalue weighted by atomic mass is 16.7. The van der Waals surface area contributed by atoms with E-state index in [1.165, 1.54) is 14.2 Å². The van der Waals surface area contributed by atoms with Crippen LogP contribution in [0.2, 0.25) is 0 Å². The van der Waals surface area contributed by atoms with Gasteiger partial charge in [0.25, 0.3) is 5.91 Å². The average Bonchev–Trinajstić information content (AvgIpc) is 3.21. The molecule has 0 bridgehead atoms. The SMILES string of the molecule is COC1(OC)N=C(N)[C@@]2(C#N)[C@]3(C(=O)N(Cc4ccccc4)c4ccccc43)[C@@]12C#N. The van der Waals surface area contributed by atoms with Crippen LogP contribution in [0.4, 0.5) is 5.69 Å². The molecule has 31 heavy (non-hydrogen) atoms. The standard InChI is InChI=1S/C23H19N5O3/c1-30-23(31-2)21(14-25)20(13-24,18(26)27-23)22(21)16-10-6-7-11-17(16)28(19(22)29)12-15-8-4-3-5-9-15/h3-11H,12H2,1-2H3,(H2,26,27)/t20-,21+,22+/m1/s1. The van der Waals surface area contributed by atoms with E-state index in [0.29, 0.717) is 11.3 Å². The fourth-order valence-electron chi connectivity index (χ4n) is 5.79. The van der Waals surface area contributed by atoms with Crippen LogP contribution in [0.5, 0.6) is 0 Å². The molecule has 0 saturated heterocycles. The normalized spacial score (nSPS) is 31.5. The van der Waals surface area contributed by atoms with Crippen molar-refractivity contribution in [3.8, 4) is 12.1 Å². The number of nitrogens with zero attached hydrogens (tertiary/aromatic N) is 4. The lowest BCUT2D eigenvalue weighted by molar-refractivity contribution is -0.233. The largest absolute Gasteiger partial charge is 0.386 e. The van der Waals surface area contributed by atoms with E-state index in [1.54, 1.807) is 17.0 Å². The van der Waals surface area contributed by atoms with E-state index >= 15 is 0 Å². The van der Waals surface area contributed by atoms with E-state index in [9.17, 15) is 15.3 Å². The number of fused-ring (bicyclic) bond motifs is 5. The molecule has 5 rings (SSSR count). The first-order valence-corrected chi connectivity index (χ1v) is 9.72. The van der Waals surface area contributed by atoms with Gasteiger partial charge in [0.05, 0.1) is 18.7 Å². The summed E-state index contributed by atoms with van der Waals surface area (Å²) in [7, 11) is 2.65. The van der Waals surface area contributed by atoms with Gasteiger partial charge in [0.1, 0.15) is 11.3 Å². The molecule has 1 saturated carbocycles. The van der Waals surface area contributed by atoms with E-state index in [0.717, 1.165) is 5.56 Å². The van der Waals surface area contributed by atoms with Gasteiger partial charge in [-0.25, -0.2) is 4.99 Å². The number of methoxy groups -OCH3 is 2. The van der Waals surface area contributed by atoms with Crippen LogP contribution < -0.4 is 10.6 Å². The third kappa shape index (κ3) is 1.67. The molecule has 8 heteroatoms. The summed E-state index contributed by atoms with van der Waals surface area (Å²) in [5, 5.41) is 20.8. The van der Waals surface area contributed by atoms with Gasteiger partial charge in [-0.15, -0.1) is 0 Å². The van der Waals surface area contributed by atoms with Crippen molar-refractivity contribution in [2.24, 2.45) is 21.6 Å². The Morgan fingerprint density at radius 3 is 2.29 bits per heavy atom. The van der Waals surface area contributed by atoms with Crippen molar-refractivity contribution >= 4 is 17.4 Å². The zero-order valence-corrected chi connectivity index (χ0v) is 17.0. The Bertz CT molecular complexity index is 1230. The number of rotatable bonds is 4. The number of anilines is 1. The molecule has 2 N–H and O–H groups in total. The Morgan fingerprint density at radius 1 is 1.03 bits per heavy atom. The van der Waals surface area contributed by atoms with Crippen molar-refractivity contribution in [3.63, 3.8) is 0 Å². The molecule has 1 aliphatic carbocycles. The van der Waals surface area contributed by atoms with Gasteiger partial charge in [-0.2, -0.15) is 10.5 Å². The zero-order chi connectivity index (χ0) is 22.1. The summed E-state index contributed by atoms with van der Waals surface area (Å²) in [6.45, 7) is 0.283. The Kier molecular flexibility index (Phi) is 3.67. The van der Waals surface area contributed by atoms with Crippen LogP contribution in [0, 0.1) is 33.5 Å². The van der Waals surface area contributed by atoms with Crippen LogP contribution in [0.15, 0.2) is 59.6 Å². The average molecular weight is 413 g/mol. The van der Waals surface area contributed by atoms with Gasteiger partial charge in [0.2, 0.25) is 5.91 Å². The Hall–Kier alpha value is -3.72. The molecule has 2 aromatic rings. The number of hydrogen-bond donors (Lipinski definition) is 1. The number of nitrogens with two attached hydrogens (primary N) is 1. The Morgan fingerprint density at radius 2 is 1.68 bits per heavy atom. The van der Waals surface area contributed by atoms with Crippen molar-refractivity contribution in [2.45, 2.75) is 17.9 Å². The van der Waals surface area contributed by atoms with E-state index in [4.69, 9.17) is 15.2 Å². The Balaban J connectivity index is 1.79. The molecule has 8 nitrogen and oxygen atoms in total. The molecule has 1 amide bonds. The fraction of sp³-hybridized carbons (Fsp3) is 0.304. The lowest BCUT2D eigenvalue weighted by Crippen LogP contribution is -2.48. The lowest BCUT2D eigenvalue weighted by atomic mass is 9.84. The lowest BCUT2D eigenvalue weighted by Gasteiger charge is -2.31. The van der Waals surface area contributed by atoms with Crippen LogP contribution in [0.25, 0.3) is 0 Å². The molecule has 3 aliphatic rings. The summed E-state index contributed by atoms with van der Waals surface area (Å²) in [5.74, 6) is -2.41. The minimum atomic E-state index is -1.88. The number of benzene rings is 2. The second-order valence-corrected chi connectivity index (χ2v) is 7.85. The van der Waals surface area contributed by atoms with Gasteiger partial charge in [-0.05, 0) is 17.2 Å². The predicted molar refractivity (Wildman–Crippen MR) is 110 cm³/mol. The summed E-state index contributed by atoms with van der Waals surface area (Å²) in [4.78, 5) is 20.0. The van der Waals surface area contributed by atoms with Crippen LogP contribution in [0.1, 0.15) is 11.1 Å². The first kappa shape index (κ1) is 19.3. The minimum absolute atomic E-state index is 0.134. The number of ether oxygens (including phenoxy) is 2. The highest BCUT2D eigenvalue weighted by Crippen LogP contribution is 2.87. The molecule has 0 radical (unpaired) electrons. The van der Waals surface area contributed by atoms with Crippen LogP contribution in [-0.4, -0.2) is 31.9 Å². The van der Waals surface area contributed by atoms with Gasteiger partial charge in [0, 0.05) is 19.9 Å². The molecule has 1 fully saturated rings. The fourth-order valence-corrected chi connectivity index (χ4v) is 5.79. The van der Waals surface area contributed by atoms with E-state index < -0.39 is 28.1 Å². The summed E-state index contributed by atoms with van der Waals surface area (Å²) in [5.41, 5.74) is 3.29. The van der Waals surface area contributed by atoms with E-state index in [1.807, 2.05) is 42.5 Å². The van der Waals surface area contributed by atoms with E-state index in [-0.39, 0.29) is 12.4 Å². The molecule has 2 aromatic carbocycles. The van der Waals surface area contributed by atoms with Crippen molar-refractivity contribution in [3.05, 3.63) is 65.7 Å². The molecule has 2 heterocycles. The highest BCUT2D eigenvalue weighted by Gasteiger charge is 3.05. The van der Waals surface area contributed by atoms with Gasteiger partial charge in [0.15, 0.2) is 10.8 Å². The summed E-state index contributed by atoms with van der Waals surface area (Å²) in [6, 6.07) is 21.1. The molecule has 2 aliphatic heterocycles. The Labute approximate surface area is 179 Å². The third-order valence-electron chi connectivity index (χ3n) is 6.99. The van der Waals surface area contributed by atoms with Crippen molar-refractivity contribution in [1.29, 1.82) is 10.5 Å². The number of carbonyl (C=O) groups is 1. The molecule has 1 spiro atoms. The molecule has 154 valence electrons. The number of aliphatic imine (C=N–C) groups is 1. The van der Waals surface area contributed by atoms with Crippen molar-refractivity contribution < 1.29 is 14.3 Å². The number of para-hydroxylation sites is 1. The molecular weight excluding hydrogens is 394 g/mol. The van der Waals surface area contributed by atoms with Gasteiger partial charge < -0.3 is 20.1 Å². The van der Waals surface area contributed by atoms with Gasteiger partial charge in [-0.3, -0.25) is 4.79 Å². The second kappa shape index (κ2) is 5.92. The number of hydrogen-bond acceptors (Lipinski definition) is 7. The van der Waals surface area contributed by atoms with Crippen molar-refractivity contribution in [2.75, 3.05) is 19.1 Å². The minimum Gasteiger partial charge on any atom is -0.386 e. The molecule has 0 aromatic heterocycles. The third-order valence-corrected chi connectivity index (χ3v) is 6.99. The molecular formula is C23H19N5O3. The summed E-state index contributed by atoms with van der Waals surface area (Å²) < 4.78 is 11.1. The maximum atomic E-state index is 14.2.